The maximum Gasteiger partial charge on any atom is 0.0716 e. The van der Waals surface area contributed by atoms with Gasteiger partial charge in [-0.3, -0.25) is 0 Å². The van der Waals surface area contributed by atoms with Crippen LogP contribution in [0.25, 0.3) is 0 Å². The number of nitrogens with two attached hydrogens (primary N) is 1. The van der Waals surface area contributed by atoms with Crippen molar-refractivity contribution in [3.8, 4) is 0 Å². The maximum absolute atomic E-state index is 11.3. The Kier molecular flexibility index (Phi) is 4.32. The van der Waals surface area contributed by atoms with Gasteiger partial charge in [0.2, 0.25) is 0 Å². The van der Waals surface area contributed by atoms with Crippen LogP contribution in [0.1, 0.15) is 78.6 Å². The second-order valence-electron chi connectivity index (χ2n) is 8.22. The van der Waals surface area contributed by atoms with Gasteiger partial charge >= 0.3 is 0 Å². The highest BCUT2D eigenvalue weighted by atomic mass is 16.3. The van der Waals surface area contributed by atoms with E-state index in [1.54, 1.807) is 0 Å². The fourth-order valence-corrected chi connectivity index (χ4v) is 4.58. The molecule has 2 saturated carbocycles. The lowest BCUT2D eigenvalue weighted by Crippen LogP contribution is -2.55. The Morgan fingerprint density at radius 2 is 1.53 bits per heavy atom. The standard InChI is InChI=1S/C17H33NO/c1-15(2,3)14-7-11-17(19,12-8-14)16(13-18)9-5-4-6-10-16/h14,19H,4-13,18H2,1-3H3. The molecular weight excluding hydrogens is 234 g/mol. The first-order valence-electron chi connectivity index (χ1n) is 8.25. The summed E-state index contributed by atoms with van der Waals surface area (Å²) in [7, 11) is 0. The van der Waals surface area contributed by atoms with Crippen molar-refractivity contribution in [1.82, 2.24) is 0 Å². The van der Waals surface area contributed by atoms with Crippen LogP contribution in [0.5, 0.6) is 0 Å². The van der Waals surface area contributed by atoms with Crippen molar-refractivity contribution in [2.24, 2.45) is 22.5 Å². The fourth-order valence-electron chi connectivity index (χ4n) is 4.58. The highest BCUT2D eigenvalue weighted by Crippen LogP contribution is 2.53. The summed E-state index contributed by atoms with van der Waals surface area (Å²) < 4.78 is 0. The summed E-state index contributed by atoms with van der Waals surface area (Å²) in [5, 5.41) is 11.3. The molecule has 0 unspecified atom stereocenters. The second kappa shape index (κ2) is 5.37. The summed E-state index contributed by atoms with van der Waals surface area (Å²) in [4.78, 5) is 0. The van der Waals surface area contributed by atoms with Crippen LogP contribution in [0.4, 0.5) is 0 Å². The molecule has 2 rings (SSSR count). The van der Waals surface area contributed by atoms with Crippen molar-refractivity contribution >= 4 is 0 Å². The zero-order valence-electron chi connectivity index (χ0n) is 13.2. The number of hydrogen-bond acceptors (Lipinski definition) is 2. The van der Waals surface area contributed by atoms with Gasteiger partial charge < -0.3 is 10.8 Å². The fraction of sp³-hybridized carbons (Fsp3) is 1.00. The van der Waals surface area contributed by atoms with E-state index in [0.717, 1.165) is 31.6 Å². The van der Waals surface area contributed by atoms with Crippen LogP contribution in [0.3, 0.4) is 0 Å². The van der Waals surface area contributed by atoms with Gasteiger partial charge in [-0.25, -0.2) is 0 Å². The molecule has 0 aromatic heterocycles. The summed E-state index contributed by atoms with van der Waals surface area (Å²) in [6, 6.07) is 0. The largest absolute Gasteiger partial charge is 0.389 e. The molecule has 0 bridgehead atoms. The Morgan fingerprint density at radius 1 is 1.00 bits per heavy atom. The van der Waals surface area contributed by atoms with Gasteiger partial charge in [-0.1, -0.05) is 40.0 Å². The topological polar surface area (TPSA) is 46.2 Å². The molecule has 0 radical (unpaired) electrons. The van der Waals surface area contributed by atoms with E-state index in [4.69, 9.17) is 5.73 Å². The molecule has 2 aliphatic rings. The van der Waals surface area contributed by atoms with Crippen molar-refractivity contribution in [3.05, 3.63) is 0 Å². The summed E-state index contributed by atoms with van der Waals surface area (Å²) in [5.74, 6) is 0.756. The Morgan fingerprint density at radius 3 is 1.95 bits per heavy atom. The molecule has 2 aliphatic carbocycles. The summed E-state index contributed by atoms with van der Waals surface area (Å²) in [6.07, 6.45) is 10.4. The highest BCUT2D eigenvalue weighted by Gasteiger charge is 2.51. The number of rotatable bonds is 2. The van der Waals surface area contributed by atoms with Crippen molar-refractivity contribution in [1.29, 1.82) is 0 Å². The van der Waals surface area contributed by atoms with Gasteiger partial charge in [-0.05, 0) is 49.9 Å². The van der Waals surface area contributed by atoms with E-state index in [9.17, 15) is 5.11 Å². The molecule has 0 aliphatic heterocycles. The number of aliphatic hydroxyl groups is 1. The Hall–Kier alpha value is -0.0800. The summed E-state index contributed by atoms with van der Waals surface area (Å²) in [6.45, 7) is 7.67. The molecule has 0 atom stereocenters. The zero-order valence-corrected chi connectivity index (χ0v) is 13.2. The second-order valence-corrected chi connectivity index (χ2v) is 8.22. The molecule has 2 heteroatoms. The predicted molar refractivity (Wildman–Crippen MR) is 80.9 cm³/mol. The quantitative estimate of drug-likeness (QED) is 0.798. The molecule has 0 aromatic carbocycles. The van der Waals surface area contributed by atoms with E-state index in [2.05, 4.69) is 20.8 Å². The minimum absolute atomic E-state index is 0.0219. The average Bonchev–Trinajstić information content (AvgIpc) is 2.39. The Labute approximate surface area is 119 Å². The minimum Gasteiger partial charge on any atom is -0.389 e. The van der Waals surface area contributed by atoms with E-state index < -0.39 is 5.60 Å². The van der Waals surface area contributed by atoms with Gasteiger partial charge in [0.15, 0.2) is 0 Å². The van der Waals surface area contributed by atoms with Crippen LogP contribution in [0.15, 0.2) is 0 Å². The van der Waals surface area contributed by atoms with Crippen LogP contribution in [-0.4, -0.2) is 17.3 Å². The molecule has 2 nitrogen and oxygen atoms in total. The number of hydrogen-bond donors (Lipinski definition) is 2. The Balaban J connectivity index is 2.08. The van der Waals surface area contributed by atoms with E-state index >= 15 is 0 Å². The van der Waals surface area contributed by atoms with Gasteiger partial charge in [0.25, 0.3) is 0 Å². The smallest absolute Gasteiger partial charge is 0.0716 e. The van der Waals surface area contributed by atoms with Crippen molar-refractivity contribution in [2.45, 2.75) is 84.2 Å². The van der Waals surface area contributed by atoms with Crippen LogP contribution in [-0.2, 0) is 0 Å². The van der Waals surface area contributed by atoms with Crippen LogP contribution < -0.4 is 5.73 Å². The molecule has 0 heterocycles. The third-order valence-electron chi connectivity index (χ3n) is 6.23. The van der Waals surface area contributed by atoms with Gasteiger partial charge in [0.1, 0.15) is 0 Å². The van der Waals surface area contributed by atoms with Crippen LogP contribution >= 0.6 is 0 Å². The molecule has 2 fully saturated rings. The SMILES string of the molecule is CC(C)(C)C1CCC(O)(C2(CN)CCCCC2)CC1. The molecule has 0 spiro atoms. The zero-order chi connectivity index (χ0) is 14.1. The predicted octanol–water partition coefficient (Wildman–Crippen LogP) is 3.86. The van der Waals surface area contributed by atoms with Crippen LogP contribution in [0.2, 0.25) is 0 Å². The average molecular weight is 267 g/mol. The minimum atomic E-state index is -0.482. The molecule has 3 N–H and O–H groups in total. The van der Waals surface area contributed by atoms with E-state index in [0.29, 0.717) is 12.0 Å². The molecule has 0 aromatic rings. The van der Waals surface area contributed by atoms with Crippen molar-refractivity contribution in [3.63, 3.8) is 0 Å². The van der Waals surface area contributed by atoms with E-state index in [1.165, 1.54) is 32.1 Å². The third-order valence-corrected chi connectivity index (χ3v) is 6.23. The first-order chi connectivity index (χ1) is 8.83. The van der Waals surface area contributed by atoms with Gasteiger partial charge in [-0.2, -0.15) is 0 Å². The maximum atomic E-state index is 11.3. The first kappa shape index (κ1) is 15.3. The van der Waals surface area contributed by atoms with E-state index in [1.807, 2.05) is 0 Å². The molecule has 112 valence electrons. The lowest BCUT2D eigenvalue weighted by Gasteiger charge is -2.53. The van der Waals surface area contributed by atoms with Gasteiger partial charge in [-0.15, -0.1) is 0 Å². The third kappa shape index (κ3) is 2.85. The molecule has 0 saturated heterocycles. The van der Waals surface area contributed by atoms with Crippen LogP contribution in [0, 0.1) is 16.7 Å². The van der Waals surface area contributed by atoms with Gasteiger partial charge in [0, 0.05) is 12.0 Å². The highest BCUT2D eigenvalue weighted by molar-refractivity contribution is 5.03. The monoisotopic (exact) mass is 267 g/mol. The molecule has 19 heavy (non-hydrogen) atoms. The first-order valence-corrected chi connectivity index (χ1v) is 8.25. The summed E-state index contributed by atoms with van der Waals surface area (Å²) in [5.41, 5.74) is 6.03. The lowest BCUT2D eigenvalue weighted by molar-refractivity contribution is -0.134. The molecular formula is C17H33NO. The van der Waals surface area contributed by atoms with Crippen molar-refractivity contribution < 1.29 is 5.11 Å². The van der Waals surface area contributed by atoms with Gasteiger partial charge in [0.05, 0.1) is 5.60 Å². The van der Waals surface area contributed by atoms with Crippen molar-refractivity contribution in [2.75, 3.05) is 6.54 Å². The van der Waals surface area contributed by atoms with E-state index in [-0.39, 0.29) is 5.41 Å². The summed E-state index contributed by atoms with van der Waals surface area (Å²) >= 11 is 0. The normalized spacial score (nSPS) is 36.2. The molecule has 0 amide bonds. The lowest BCUT2D eigenvalue weighted by atomic mass is 9.56. The Bertz CT molecular complexity index is 291.